The van der Waals surface area contributed by atoms with E-state index in [9.17, 15) is 4.79 Å². The van der Waals surface area contributed by atoms with Crippen LogP contribution in [0.1, 0.15) is 12.0 Å². The summed E-state index contributed by atoms with van der Waals surface area (Å²) in [5.41, 5.74) is 6.48. The lowest BCUT2D eigenvalue weighted by Crippen LogP contribution is -2.28. The number of aromatic nitrogens is 1. The molecule has 1 rings (SSSR count). The first-order valence-corrected chi connectivity index (χ1v) is 5.11. The van der Waals surface area contributed by atoms with Crippen LogP contribution in [-0.2, 0) is 9.53 Å². The van der Waals surface area contributed by atoms with E-state index < -0.39 is 0 Å². The highest BCUT2D eigenvalue weighted by Crippen LogP contribution is 2.06. The zero-order valence-corrected chi connectivity index (χ0v) is 9.56. The first-order valence-electron chi connectivity index (χ1n) is 5.11. The minimum atomic E-state index is -0.246. The number of rotatable bonds is 5. The smallest absolute Gasteiger partial charge is 0.228 e. The van der Waals surface area contributed by atoms with Gasteiger partial charge >= 0.3 is 0 Å². The Morgan fingerprint density at radius 2 is 2.44 bits per heavy atom. The van der Waals surface area contributed by atoms with Crippen molar-refractivity contribution < 1.29 is 9.53 Å². The zero-order valence-electron chi connectivity index (χ0n) is 9.56. The average molecular weight is 223 g/mol. The number of pyridine rings is 1. The van der Waals surface area contributed by atoms with Gasteiger partial charge in [0, 0.05) is 19.9 Å². The Morgan fingerprint density at radius 1 is 1.69 bits per heavy atom. The molecule has 0 aliphatic carbocycles. The highest BCUT2D eigenvalue weighted by atomic mass is 16.5. The Morgan fingerprint density at radius 3 is 3.00 bits per heavy atom. The van der Waals surface area contributed by atoms with Gasteiger partial charge in [0.1, 0.15) is 5.82 Å². The largest absolute Gasteiger partial charge is 0.380 e. The molecular weight excluding hydrogens is 206 g/mol. The van der Waals surface area contributed by atoms with E-state index in [-0.39, 0.29) is 18.4 Å². The van der Waals surface area contributed by atoms with Crippen LogP contribution in [0.2, 0.25) is 0 Å². The molecule has 0 radical (unpaired) electrons. The van der Waals surface area contributed by atoms with E-state index in [1.165, 1.54) is 7.11 Å². The van der Waals surface area contributed by atoms with Gasteiger partial charge in [0.05, 0.1) is 12.5 Å². The number of hydrogen-bond acceptors (Lipinski definition) is 4. The quantitative estimate of drug-likeness (QED) is 0.770. The third kappa shape index (κ3) is 3.96. The number of methoxy groups -OCH3 is 1. The molecule has 88 valence electrons. The maximum absolute atomic E-state index is 11.6. The van der Waals surface area contributed by atoms with E-state index >= 15 is 0 Å². The lowest BCUT2D eigenvalue weighted by Gasteiger charge is -2.12. The predicted octanol–water partition coefficient (Wildman–Crippen LogP) is 0.692. The molecule has 5 nitrogen and oxygen atoms in total. The standard InChI is InChI=1S/C11H17N3O2/c1-8-3-4-13-10(5-8)14-11(15)6-9(7-12)16-2/h3-5,9H,6-7,12H2,1-2H3,(H,13,14,15). The molecule has 0 saturated heterocycles. The molecule has 3 N–H and O–H groups in total. The molecule has 0 fully saturated rings. The molecule has 1 heterocycles. The Balaban J connectivity index is 2.51. The molecule has 1 atom stereocenters. The fraction of sp³-hybridized carbons (Fsp3) is 0.455. The number of hydrogen-bond donors (Lipinski definition) is 2. The van der Waals surface area contributed by atoms with Crippen LogP contribution in [0.4, 0.5) is 5.82 Å². The van der Waals surface area contributed by atoms with Crippen molar-refractivity contribution in [3.63, 3.8) is 0 Å². The zero-order chi connectivity index (χ0) is 12.0. The molecule has 1 aromatic rings. The number of aryl methyl sites for hydroxylation is 1. The Kier molecular flexibility index (Phi) is 4.88. The molecule has 0 spiro atoms. The second-order valence-electron chi connectivity index (χ2n) is 3.56. The molecule has 0 aliphatic heterocycles. The summed E-state index contributed by atoms with van der Waals surface area (Å²) in [4.78, 5) is 15.6. The molecule has 5 heteroatoms. The van der Waals surface area contributed by atoms with Gasteiger partial charge in [-0.15, -0.1) is 0 Å². The van der Waals surface area contributed by atoms with E-state index in [0.29, 0.717) is 12.4 Å². The van der Waals surface area contributed by atoms with Gasteiger partial charge in [0.25, 0.3) is 0 Å². The highest BCUT2D eigenvalue weighted by Gasteiger charge is 2.11. The number of carbonyl (C=O) groups is 1. The normalized spacial score (nSPS) is 12.2. The van der Waals surface area contributed by atoms with Gasteiger partial charge in [-0.05, 0) is 24.6 Å². The van der Waals surface area contributed by atoms with Crippen LogP contribution in [0, 0.1) is 6.92 Å². The topological polar surface area (TPSA) is 77.2 Å². The number of amides is 1. The molecule has 16 heavy (non-hydrogen) atoms. The number of nitrogens with two attached hydrogens (primary N) is 1. The van der Waals surface area contributed by atoms with Crippen LogP contribution in [0.5, 0.6) is 0 Å². The Labute approximate surface area is 95.0 Å². The van der Waals surface area contributed by atoms with Crippen molar-refractivity contribution in [3.8, 4) is 0 Å². The Hall–Kier alpha value is -1.46. The number of nitrogens with zero attached hydrogens (tertiary/aromatic N) is 1. The van der Waals surface area contributed by atoms with Crippen LogP contribution in [0.15, 0.2) is 18.3 Å². The fourth-order valence-corrected chi connectivity index (χ4v) is 1.27. The van der Waals surface area contributed by atoms with Crippen molar-refractivity contribution >= 4 is 11.7 Å². The number of ether oxygens (including phenoxy) is 1. The van der Waals surface area contributed by atoms with Crippen LogP contribution in [0.25, 0.3) is 0 Å². The summed E-state index contributed by atoms with van der Waals surface area (Å²) in [6, 6.07) is 3.68. The molecule has 0 aromatic carbocycles. The summed E-state index contributed by atoms with van der Waals surface area (Å²) < 4.78 is 5.03. The van der Waals surface area contributed by atoms with Crippen molar-refractivity contribution in [2.24, 2.45) is 5.73 Å². The summed E-state index contributed by atoms with van der Waals surface area (Å²) in [6.07, 6.45) is 1.65. The van der Waals surface area contributed by atoms with Gasteiger partial charge < -0.3 is 15.8 Å². The van der Waals surface area contributed by atoms with E-state index in [0.717, 1.165) is 5.56 Å². The van der Waals surface area contributed by atoms with Gasteiger partial charge in [-0.1, -0.05) is 0 Å². The molecule has 1 amide bonds. The van der Waals surface area contributed by atoms with Crippen molar-refractivity contribution in [1.29, 1.82) is 0 Å². The van der Waals surface area contributed by atoms with Crippen molar-refractivity contribution in [3.05, 3.63) is 23.9 Å². The predicted molar refractivity (Wildman–Crippen MR) is 62.1 cm³/mol. The van der Waals surface area contributed by atoms with Gasteiger partial charge in [0.2, 0.25) is 5.91 Å². The number of anilines is 1. The first-order chi connectivity index (χ1) is 7.65. The van der Waals surface area contributed by atoms with Gasteiger partial charge in [-0.3, -0.25) is 4.79 Å². The van der Waals surface area contributed by atoms with Gasteiger partial charge in [0.15, 0.2) is 0 Å². The van der Waals surface area contributed by atoms with E-state index in [4.69, 9.17) is 10.5 Å². The van der Waals surface area contributed by atoms with Crippen LogP contribution < -0.4 is 11.1 Å². The highest BCUT2D eigenvalue weighted by molar-refractivity contribution is 5.90. The van der Waals surface area contributed by atoms with Crippen LogP contribution in [0.3, 0.4) is 0 Å². The van der Waals surface area contributed by atoms with Crippen LogP contribution >= 0.6 is 0 Å². The van der Waals surface area contributed by atoms with Crippen molar-refractivity contribution in [2.75, 3.05) is 19.0 Å². The fourth-order valence-electron chi connectivity index (χ4n) is 1.27. The Bertz CT molecular complexity index is 351. The van der Waals surface area contributed by atoms with Gasteiger partial charge in [-0.2, -0.15) is 0 Å². The summed E-state index contributed by atoms with van der Waals surface area (Å²) in [5, 5.41) is 2.70. The molecule has 1 unspecified atom stereocenters. The average Bonchev–Trinajstić information content (AvgIpc) is 2.26. The third-order valence-corrected chi connectivity index (χ3v) is 2.19. The minimum absolute atomic E-state index is 0.143. The molecule has 0 saturated carbocycles. The summed E-state index contributed by atoms with van der Waals surface area (Å²) >= 11 is 0. The molecule has 0 aliphatic rings. The maximum atomic E-state index is 11.6. The SMILES string of the molecule is COC(CN)CC(=O)Nc1cc(C)ccn1. The van der Waals surface area contributed by atoms with E-state index in [2.05, 4.69) is 10.3 Å². The second kappa shape index (κ2) is 6.19. The monoisotopic (exact) mass is 223 g/mol. The van der Waals surface area contributed by atoms with Crippen LogP contribution in [-0.4, -0.2) is 30.6 Å². The lowest BCUT2D eigenvalue weighted by molar-refractivity contribution is -0.118. The maximum Gasteiger partial charge on any atom is 0.228 e. The van der Waals surface area contributed by atoms with E-state index in [1.54, 1.807) is 6.20 Å². The van der Waals surface area contributed by atoms with Gasteiger partial charge in [-0.25, -0.2) is 4.98 Å². The lowest BCUT2D eigenvalue weighted by atomic mass is 10.2. The molecule has 0 bridgehead atoms. The number of nitrogens with one attached hydrogen (secondary N) is 1. The summed E-state index contributed by atoms with van der Waals surface area (Å²) in [7, 11) is 1.54. The first kappa shape index (κ1) is 12.6. The third-order valence-electron chi connectivity index (χ3n) is 2.19. The second-order valence-corrected chi connectivity index (χ2v) is 3.56. The van der Waals surface area contributed by atoms with Crippen molar-refractivity contribution in [2.45, 2.75) is 19.4 Å². The molecular formula is C11H17N3O2. The molecule has 1 aromatic heterocycles. The summed E-state index contributed by atoms with van der Waals surface area (Å²) in [6.45, 7) is 2.26. The van der Waals surface area contributed by atoms with E-state index in [1.807, 2.05) is 19.1 Å². The summed E-state index contributed by atoms with van der Waals surface area (Å²) in [5.74, 6) is 0.410. The van der Waals surface area contributed by atoms with Crippen molar-refractivity contribution in [1.82, 2.24) is 4.98 Å². The minimum Gasteiger partial charge on any atom is -0.380 e. The number of carbonyl (C=O) groups excluding carboxylic acids is 1.